The van der Waals surface area contributed by atoms with Gasteiger partial charge in [-0.15, -0.1) is 0 Å². The zero-order valence-corrected chi connectivity index (χ0v) is 17.6. The van der Waals surface area contributed by atoms with E-state index in [2.05, 4.69) is 22.5 Å². The minimum absolute atomic E-state index is 0.0207. The number of amides is 1. The van der Waals surface area contributed by atoms with Crippen LogP contribution in [-0.4, -0.2) is 30.3 Å². The maximum atomic E-state index is 12.8. The monoisotopic (exact) mass is 405 g/mol. The number of ketones is 1. The van der Waals surface area contributed by atoms with E-state index in [9.17, 15) is 9.59 Å². The molecule has 3 aromatic rings. The molecule has 0 aliphatic rings. The highest BCUT2D eigenvalue weighted by molar-refractivity contribution is 6.11. The normalized spacial score (nSPS) is 10.6. The van der Waals surface area contributed by atoms with Crippen LogP contribution in [0.1, 0.15) is 53.8 Å². The summed E-state index contributed by atoms with van der Waals surface area (Å²) in [5.74, 6) is 0.219. The first-order chi connectivity index (χ1) is 14.6. The summed E-state index contributed by atoms with van der Waals surface area (Å²) in [6, 6.07) is 13.1. The molecule has 6 nitrogen and oxygen atoms in total. The summed E-state index contributed by atoms with van der Waals surface area (Å²) in [5, 5.41) is 6.98. The van der Waals surface area contributed by atoms with Crippen LogP contribution < -0.4 is 15.4 Å². The van der Waals surface area contributed by atoms with E-state index in [1.165, 1.54) is 7.11 Å². The van der Waals surface area contributed by atoms with Gasteiger partial charge in [0, 0.05) is 36.3 Å². The van der Waals surface area contributed by atoms with Gasteiger partial charge >= 0.3 is 0 Å². The summed E-state index contributed by atoms with van der Waals surface area (Å²) in [5.41, 5.74) is 3.04. The Balaban J connectivity index is 2.16. The van der Waals surface area contributed by atoms with E-state index in [0.717, 1.165) is 18.5 Å². The number of unbranched alkanes of at least 4 members (excludes halogenated alkanes) is 1. The third kappa shape index (κ3) is 4.59. The van der Waals surface area contributed by atoms with Crippen LogP contribution in [0.15, 0.2) is 48.7 Å². The van der Waals surface area contributed by atoms with Crippen molar-refractivity contribution in [3.8, 4) is 5.75 Å². The van der Waals surface area contributed by atoms with Gasteiger partial charge in [-0.05, 0) is 24.6 Å². The van der Waals surface area contributed by atoms with Crippen molar-refractivity contribution in [3.63, 3.8) is 0 Å². The predicted octanol–water partition coefficient (Wildman–Crippen LogP) is 5.11. The number of rotatable bonds is 9. The quantitative estimate of drug-likeness (QED) is 0.382. The highest BCUT2D eigenvalue weighted by Crippen LogP contribution is 2.34. The number of Topliss-reactive ketones (excluding diaryl/α,β-unsaturated/α-hetero) is 1. The molecule has 0 radical (unpaired) electrons. The van der Waals surface area contributed by atoms with E-state index < -0.39 is 0 Å². The predicted molar refractivity (Wildman–Crippen MR) is 120 cm³/mol. The van der Waals surface area contributed by atoms with Crippen molar-refractivity contribution in [1.29, 1.82) is 0 Å². The molecule has 0 saturated carbocycles. The molecule has 2 N–H and O–H groups in total. The molecule has 0 aliphatic heterocycles. The fourth-order valence-corrected chi connectivity index (χ4v) is 3.24. The number of nitrogens with one attached hydrogen (secondary N) is 2. The number of hydrogen-bond acceptors (Lipinski definition) is 5. The molecular weight excluding hydrogens is 378 g/mol. The minimum atomic E-state index is -0.208. The van der Waals surface area contributed by atoms with Crippen LogP contribution in [0.2, 0.25) is 0 Å². The van der Waals surface area contributed by atoms with Gasteiger partial charge in [0.2, 0.25) is 0 Å². The molecule has 0 atom stereocenters. The highest BCUT2D eigenvalue weighted by Gasteiger charge is 2.19. The van der Waals surface area contributed by atoms with Gasteiger partial charge in [0.05, 0.1) is 29.4 Å². The van der Waals surface area contributed by atoms with Gasteiger partial charge in [0.1, 0.15) is 5.75 Å². The second-order valence-electron chi connectivity index (χ2n) is 6.99. The van der Waals surface area contributed by atoms with Crippen LogP contribution in [-0.2, 0) is 0 Å². The standard InChI is InChI=1S/C24H27N3O3/c1-4-6-12-25-24(29)18-13-17-20(14-22(18)30-3)26-15-19(21(28)5-2)23(17)27-16-10-8-7-9-11-16/h7-11,13-15H,4-6,12H2,1-3H3,(H,25,29)(H,26,27). The summed E-state index contributed by atoms with van der Waals surface area (Å²) in [4.78, 5) is 29.9. The Bertz CT molecular complexity index is 1050. The van der Waals surface area contributed by atoms with E-state index >= 15 is 0 Å². The Morgan fingerprint density at radius 3 is 2.50 bits per heavy atom. The summed E-state index contributed by atoms with van der Waals surface area (Å²) >= 11 is 0. The van der Waals surface area contributed by atoms with Gasteiger partial charge < -0.3 is 15.4 Å². The van der Waals surface area contributed by atoms with Gasteiger partial charge in [-0.1, -0.05) is 38.5 Å². The SMILES string of the molecule is CCCCNC(=O)c1cc2c(Nc3ccccc3)c(C(=O)CC)cnc2cc1OC. The van der Waals surface area contributed by atoms with E-state index in [0.29, 0.717) is 46.4 Å². The van der Waals surface area contributed by atoms with Crippen molar-refractivity contribution in [2.75, 3.05) is 19.0 Å². The van der Waals surface area contributed by atoms with Crippen molar-refractivity contribution >= 4 is 34.0 Å². The van der Waals surface area contributed by atoms with Crippen molar-refractivity contribution in [2.45, 2.75) is 33.1 Å². The van der Waals surface area contributed by atoms with E-state index in [1.54, 1.807) is 18.3 Å². The molecule has 0 fully saturated rings. The van der Waals surface area contributed by atoms with Crippen LogP contribution in [0, 0.1) is 0 Å². The number of carbonyl (C=O) groups is 2. The molecule has 1 amide bonds. The summed E-state index contributed by atoms with van der Waals surface area (Å²) in [6.45, 7) is 4.49. The fourth-order valence-electron chi connectivity index (χ4n) is 3.24. The summed E-state index contributed by atoms with van der Waals surface area (Å²) in [6.07, 6.45) is 3.84. The molecule has 1 heterocycles. The zero-order chi connectivity index (χ0) is 21.5. The van der Waals surface area contributed by atoms with Crippen LogP contribution in [0.3, 0.4) is 0 Å². The maximum absolute atomic E-state index is 12.8. The van der Waals surface area contributed by atoms with Gasteiger partial charge in [-0.3, -0.25) is 14.6 Å². The number of para-hydroxylation sites is 1. The number of aromatic nitrogens is 1. The van der Waals surface area contributed by atoms with Gasteiger partial charge in [-0.25, -0.2) is 0 Å². The number of anilines is 2. The third-order valence-electron chi connectivity index (χ3n) is 4.91. The molecular formula is C24H27N3O3. The average molecular weight is 405 g/mol. The molecule has 0 aliphatic carbocycles. The van der Waals surface area contributed by atoms with Crippen molar-refractivity contribution < 1.29 is 14.3 Å². The topological polar surface area (TPSA) is 80.3 Å². The number of pyridine rings is 1. The van der Waals surface area contributed by atoms with Crippen LogP contribution in [0.5, 0.6) is 5.75 Å². The number of hydrogen-bond donors (Lipinski definition) is 2. The Morgan fingerprint density at radius 2 is 1.83 bits per heavy atom. The molecule has 0 unspecified atom stereocenters. The van der Waals surface area contributed by atoms with Crippen molar-refractivity contribution in [3.05, 3.63) is 59.8 Å². The van der Waals surface area contributed by atoms with Crippen molar-refractivity contribution in [2.24, 2.45) is 0 Å². The summed E-state index contributed by atoms with van der Waals surface area (Å²) < 4.78 is 5.45. The average Bonchev–Trinajstić information content (AvgIpc) is 2.78. The lowest BCUT2D eigenvalue weighted by Gasteiger charge is -2.16. The van der Waals surface area contributed by atoms with Gasteiger partial charge in [-0.2, -0.15) is 0 Å². The van der Waals surface area contributed by atoms with Gasteiger partial charge in [0.25, 0.3) is 5.91 Å². The lowest BCUT2D eigenvalue weighted by Crippen LogP contribution is -2.24. The number of methoxy groups -OCH3 is 1. The van der Waals surface area contributed by atoms with E-state index in [4.69, 9.17) is 4.74 Å². The molecule has 2 aromatic carbocycles. The zero-order valence-electron chi connectivity index (χ0n) is 17.6. The van der Waals surface area contributed by atoms with Crippen LogP contribution >= 0.6 is 0 Å². The van der Waals surface area contributed by atoms with Crippen LogP contribution in [0.25, 0.3) is 10.9 Å². The lowest BCUT2D eigenvalue weighted by molar-refractivity contribution is 0.0949. The van der Waals surface area contributed by atoms with Crippen LogP contribution in [0.4, 0.5) is 11.4 Å². The molecule has 156 valence electrons. The maximum Gasteiger partial charge on any atom is 0.255 e. The fraction of sp³-hybridized carbons (Fsp3) is 0.292. The smallest absolute Gasteiger partial charge is 0.255 e. The number of nitrogens with zero attached hydrogens (tertiary/aromatic N) is 1. The number of carbonyl (C=O) groups excluding carboxylic acids is 2. The second kappa shape index (κ2) is 9.87. The highest BCUT2D eigenvalue weighted by atomic mass is 16.5. The number of fused-ring (bicyclic) bond motifs is 1. The molecule has 0 bridgehead atoms. The first-order valence-electron chi connectivity index (χ1n) is 10.2. The molecule has 6 heteroatoms. The second-order valence-corrected chi connectivity index (χ2v) is 6.99. The summed E-state index contributed by atoms with van der Waals surface area (Å²) in [7, 11) is 1.53. The first kappa shape index (κ1) is 21.3. The molecule has 30 heavy (non-hydrogen) atoms. The van der Waals surface area contributed by atoms with Gasteiger partial charge in [0.15, 0.2) is 5.78 Å². The van der Waals surface area contributed by atoms with E-state index in [1.807, 2.05) is 37.3 Å². The largest absolute Gasteiger partial charge is 0.496 e. The molecule has 0 spiro atoms. The first-order valence-corrected chi connectivity index (χ1v) is 10.2. The molecule has 1 aromatic heterocycles. The third-order valence-corrected chi connectivity index (χ3v) is 4.91. The number of ether oxygens (including phenoxy) is 1. The Morgan fingerprint density at radius 1 is 1.07 bits per heavy atom. The van der Waals surface area contributed by atoms with E-state index in [-0.39, 0.29) is 11.7 Å². The molecule has 3 rings (SSSR count). The minimum Gasteiger partial charge on any atom is -0.496 e. The Hall–Kier alpha value is -3.41. The van der Waals surface area contributed by atoms with Crippen molar-refractivity contribution in [1.82, 2.24) is 10.3 Å². The number of benzene rings is 2. The Kier molecular flexibility index (Phi) is 7.01. The lowest BCUT2D eigenvalue weighted by atomic mass is 10.0. The Labute approximate surface area is 176 Å². The molecule has 0 saturated heterocycles.